The van der Waals surface area contributed by atoms with Crippen molar-refractivity contribution in [1.82, 2.24) is 9.74 Å². The van der Waals surface area contributed by atoms with Gasteiger partial charge in [-0.2, -0.15) is 0 Å². The average molecular weight is 560 g/mol. The molecule has 38 heavy (non-hydrogen) atoms. The van der Waals surface area contributed by atoms with E-state index in [1.54, 1.807) is 6.92 Å². The van der Waals surface area contributed by atoms with Crippen molar-refractivity contribution < 1.29 is 18.8 Å². The number of rotatable bonds is 16. The summed E-state index contributed by atoms with van der Waals surface area (Å²) in [4.78, 5) is 40.5. The van der Waals surface area contributed by atoms with Crippen LogP contribution in [0.5, 0.6) is 0 Å². The van der Waals surface area contributed by atoms with E-state index in [1.165, 1.54) is 15.3 Å². The van der Waals surface area contributed by atoms with Crippen molar-refractivity contribution in [2.75, 3.05) is 19.7 Å². The van der Waals surface area contributed by atoms with Crippen LogP contribution in [0.4, 0.5) is 0 Å². The van der Waals surface area contributed by atoms with Crippen LogP contribution in [0.1, 0.15) is 59.8 Å². The summed E-state index contributed by atoms with van der Waals surface area (Å²) >= 11 is 5.80. The minimum atomic E-state index is -2.63. The maximum atomic E-state index is 13.1. The van der Waals surface area contributed by atoms with E-state index >= 15 is 0 Å². The Hall–Kier alpha value is -2.52. The Kier molecular flexibility index (Phi) is 12.6. The highest BCUT2D eigenvalue weighted by Gasteiger charge is 2.49. The van der Waals surface area contributed by atoms with Gasteiger partial charge in [-0.25, -0.2) is 4.84 Å². The predicted octanol–water partition coefficient (Wildman–Crippen LogP) is 3.53. The van der Waals surface area contributed by atoms with Crippen molar-refractivity contribution in [3.05, 3.63) is 60.7 Å². The zero-order valence-electron chi connectivity index (χ0n) is 23.0. The normalized spacial score (nSPS) is 12.7. The lowest BCUT2D eigenvalue weighted by Crippen LogP contribution is -2.66. The van der Waals surface area contributed by atoms with Crippen molar-refractivity contribution in [2.45, 2.75) is 70.9 Å². The molecule has 2 aromatic carbocycles. The Bertz CT molecular complexity index is 992. The molecule has 0 saturated carbocycles. The smallest absolute Gasteiger partial charge is 0.261 e. The van der Waals surface area contributed by atoms with Crippen LogP contribution in [0, 0.1) is 0 Å². The van der Waals surface area contributed by atoms with E-state index in [0.717, 1.165) is 6.42 Å². The molecule has 0 fully saturated rings. The number of ketones is 1. The second-order valence-corrected chi connectivity index (χ2v) is 15.1. The molecule has 0 saturated heterocycles. The molecule has 0 radical (unpaired) electrons. The fraction of sp³-hybridized carbons (Fsp3) is 0.483. The molecule has 2 aromatic rings. The van der Waals surface area contributed by atoms with Gasteiger partial charge in [0.05, 0.1) is 6.54 Å². The first-order valence-corrected chi connectivity index (χ1v) is 15.5. The molecule has 0 aliphatic carbocycles. The SMILES string of the molecule is CCC(=O)CN(CCCCO[Si](c1ccccc1)(c1ccccc1)C(C)(C)C)C(=O)[C@H](CCC(N)=O)NCl. The number of nitrogens with two attached hydrogens (primary N) is 1. The van der Waals surface area contributed by atoms with Gasteiger partial charge in [-0.15, -0.1) is 0 Å². The zero-order chi connectivity index (χ0) is 28.2. The lowest BCUT2D eigenvalue weighted by molar-refractivity contribution is -0.137. The van der Waals surface area contributed by atoms with Gasteiger partial charge in [0.15, 0.2) is 5.78 Å². The first-order chi connectivity index (χ1) is 18.1. The third kappa shape index (κ3) is 8.49. The molecule has 7 nitrogen and oxygen atoms in total. The molecule has 9 heteroatoms. The quantitative estimate of drug-likeness (QED) is 0.186. The number of benzene rings is 2. The van der Waals surface area contributed by atoms with Crippen molar-refractivity contribution >= 4 is 48.1 Å². The average Bonchev–Trinajstić information content (AvgIpc) is 2.90. The van der Waals surface area contributed by atoms with Crippen LogP contribution in [0.25, 0.3) is 0 Å². The fourth-order valence-electron chi connectivity index (χ4n) is 4.72. The summed E-state index contributed by atoms with van der Waals surface area (Å²) in [5, 5.41) is 2.31. The van der Waals surface area contributed by atoms with Gasteiger partial charge >= 0.3 is 0 Å². The Balaban J connectivity index is 2.16. The van der Waals surface area contributed by atoms with Crippen molar-refractivity contribution in [3.63, 3.8) is 0 Å². The summed E-state index contributed by atoms with van der Waals surface area (Å²) in [6, 6.07) is 20.1. The number of carbonyl (C=O) groups excluding carboxylic acids is 3. The molecule has 0 aromatic heterocycles. The van der Waals surface area contributed by atoms with Crippen LogP contribution in [-0.2, 0) is 18.8 Å². The van der Waals surface area contributed by atoms with Gasteiger partial charge in [0.1, 0.15) is 6.04 Å². The van der Waals surface area contributed by atoms with E-state index in [0.29, 0.717) is 26.0 Å². The van der Waals surface area contributed by atoms with Crippen LogP contribution in [-0.4, -0.2) is 56.6 Å². The predicted molar refractivity (Wildman–Crippen MR) is 156 cm³/mol. The highest BCUT2D eigenvalue weighted by molar-refractivity contribution is 6.99. The fourth-order valence-corrected chi connectivity index (χ4v) is 9.52. The maximum Gasteiger partial charge on any atom is 0.261 e. The van der Waals surface area contributed by atoms with Gasteiger partial charge in [0.2, 0.25) is 11.8 Å². The van der Waals surface area contributed by atoms with Crippen molar-refractivity contribution in [2.24, 2.45) is 5.73 Å². The number of halogens is 1. The topological polar surface area (TPSA) is 102 Å². The number of unbranched alkanes of at least 4 members (excludes halogenated alkanes) is 1. The summed E-state index contributed by atoms with van der Waals surface area (Å²) in [5.41, 5.74) is 5.24. The molecule has 0 bridgehead atoms. The van der Waals surface area contributed by atoms with Gasteiger partial charge < -0.3 is 15.1 Å². The van der Waals surface area contributed by atoms with E-state index < -0.39 is 20.3 Å². The van der Waals surface area contributed by atoms with Crippen LogP contribution >= 0.6 is 11.8 Å². The van der Waals surface area contributed by atoms with Crippen LogP contribution < -0.4 is 20.9 Å². The number of carbonyl (C=O) groups is 3. The number of Topliss-reactive ketones (excluding diaryl/α,β-unsaturated/α-hetero) is 1. The molecule has 0 heterocycles. The summed E-state index contributed by atoms with van der Waals surface area (Å²) in [6.45, 7) is 9.41. The standard InChI is InChI=1S/C29H42ClN3O4Si/c1-5-23(34)22-33(28(36)26(32-30)18-19-27(31)35)20-12-13-21-37-38(29(2,3)4,24-14-8-6-9-15-24)25-16-10-7-11-17-25/h6-11,14-17,26,32H,5,12-13,18-22H2,1-4H3,(H2,31,35)/t26-/m0/s1. The number of amides is 2. The Labute approximate surface area is 233 Å². The maximum absolute atomic E-state index is 13.1. The van der Waals surface area contributed by atoms with E-state index in [4.69, 9.17) is 21.9 Å². The van der Waals surface area contributed by atoms with Gasteiger partial charge in [0, 0.05) is 26.0 Å². The van der Waals surface area contributed by atoms with E-state index in [-0.39, 0.29) is 36.1 Å². The van der Waals surface area contributed by atoms with E-state index in [9.17, 15) is 14.4 Å². The molecule has 2 rings (SSSR count). The molecule has 208 valence electrons. The number of nitrogens with zero attached hydrogens (tertiary/aromatic N) is 1. The van der Waals surface area contributed by atoms with E-state index in [2.05, 4.69) is 74.1 Å². The summed E-state index contributed by atoms with van der Waals surface area (Å²) in [7, 11) is -2.63. The lowest BCUT2D eigenvalue weighted by atomic mass is 10.1. The molecular formula is C29H42ClN3O4Si. The van der Waals surface area contributed by atoms with Gasteiger partial charge in [-0.05, 0) is 46.5 Å². The van der Waals surface area contributed by atoms with Crippen molar-refractivity contribution in [3.8, 4) is 0 Å². The third-order valence-corrected chi connectivity index (χ3v) is 12.0. The second kappa shape index (κ2) is 15.2. The molecular weight excluding hydrogens is 518 g/mol. The number of primary amides is 1. The van der Waals surface area contributed by atoms with Gasteiger partial charge in [0.25, 0.3) is 8.32 Å². The zero-order valence-corrected chi connectivity index (χ0v) is 24.8. The van der Waals surface area contributed by atoms with Crippen molar-refractivity contribution in [1.29, 1.82) is 0 Å². The number of hydrogen-bond acceptors (Lipinski definition) is 5. The minimum absolute atomic E-state index is 0.0105. The van der Waals surface area contributed by atoms with Crippen LogP contribution in [0.2, 0.25) is 5.04 Å². The molecule has 1 atom stereocenters. The Morgan fingerprint density at radius 1 is 1.00 bits per heavy atom. The number of nitrogens with one attached hydrogen (secondary N) is 1. The highest BCUT2D eigenvalue weighted by Crippen LogP contribution is 2.36. The molecule has 0 aliphatic rings. The van der Waals surface area contributed by atoms with E-state index in [1.807, 2.05) is 12.1 Å². The Morgan fingerprint density at radius 2 is 1.55 bits per heavy atom. The molecule has 0 spiro atoms. The van der Waals surface area contributed by atoms with Gasteiger partial charge in [-0.1, -0.05) is 88.4 Å². The summed E-state index contributed by atoms with van der Waals surface area (Å²) in [5.74, 6) is -0.854. The summed E-state index contributed by atoms with van der Waals surface area (Å²) < 4.78 is 6.93. The third-order valence-electron chi connectivity index (χ3n) is 6.74. The highest BCUT2D eigenvalue weighted by atomic mass is 35.5. The Morgan fingerprint density at radius 3 is 2.00 bits per heavy atom. The molecule has 0 aliphatic heterocycles. The summed E-state index contributed by atoms with van der Waals surface area (Å²) in [6.07, 6.45) is 1.91. The lowest BCUT2D eigenvalue weighted by Gasteiger charge is -2.43. The molecule has 2 amide bonds. The monoisotopic (exact) mass is 559 g/mol. The molecule has 0 unspecified atom stereocenters. The second-order valence-electron chi connectivity index (χ2n) is 10.5. The minimum Gasteiger partial charge on any atom is -0.407 e. The largest absolute Gasteiger partial charge is 0.407 e. The number of hydrogen-bond donors (Lipinski definition) is 2. The first-order valence-electron chi connectivity index (χ1n) is 13.3. The molecule has 3 N–H and O–H groups in total. The van der Waals surface area contributed by atoms with Gasteiger partial charge in [-0.3, -0.25) is 14.4 Å². The first kappa shape index (κ1) is 31.7. The van der Waals surface area contributed by atoms with Crippen LogP contribution in [0.15, 0.2) is 60.7 Å². The van der Waals surface area contributed by atoms with Crippen LogP contribution in [0.3, 0.4) is 0 Å².